The number of allylic oxidation sites excluding steroid dienone is 2. The van der Waals surface area contributed by atoms with Crippen molar-refractivity contribution in [3.8, 4) is 5.75 Å². The summed E-state index contributed by atoms with van der Waals surface area (Å²) in [5.74, 6) is 0.982. The third-order valence-electron chi connectivity index (χ3n) is 6.20. The van der Waals surface area contributed by atoms with Gasteiger partial charge in [-0.2, -0.15) is 0 Å². The fraction of sp³-hybridized carbons (Fsp3) is 0.615. The number of anilines is 1. The van der Waals surface area contributed by atoms with Gasteiger partial charge >= 0.3 is 207 Å². The molecule has 1 aliphatic carbocycles. The molecule has 0 bridgehead atoms. The van der Waals surface area contributed by atoms with Crippen molar-refractivity contribution in [2.24, 2.45) is 0 Å². The van der Waals surface area contributed by atoms with E-state index < -0.39 is 20.2 Å². The van der Waals surface area contributed by atoms with Crippen LogP contribution in [0.2, 0.25) is 0 Å². The summed E-state index contributed by atoms with van der Waals surface area (Å²) < 4.78 is 25.3. The molecule has 2 aliphatic heterocycles. The van der Waals surface area contributed by atoms with Crippen molar-refractivity contribution in [2.75, 3.05) is 56.0 Å². The molecule has 0 spiro atoms. The zero-order valence-electron chi connectivity index (χ0n) is 20.1. The van der Waals surface area contributed by atoms with Crippen LogP contribution in [0.4, 0.5) is 5.69 Å². The first-order valence-corrected chi connectivity index (χ1v) is 15.9. The Balaban J connectivity index is 1.36. The molecule has 1 aromatic rings. The Morgan fingerprint density at radius 2 is 2.21 bits per heavy atom. The Bertz CT molecular complexity index is 815. The summed E-state index contributed by atoms with van der Waals surface area (Å²) in [5, 5.41) is 3.59. The summed E-state index contributed by atoms with van der Waals surface area (Å²) in [6.45, 7) is 8.20. The van der Waals surface area contributed by atoms with E-state index in [0.29, 0.717) is 10.5 Å². The quantitative estimate of drug-likeness (QED) is 0.178. The maximum absolute atomic E-state index is 6.66. The van der Waals surface area contributed by atoms with Gasteiger partial charge in [0.15, 0.2) is 0 Å². The molecule has 2 heterocycles. The van der Waals surface area contributed by atoms with Gasteiger partial charge in [0.25, 0.3) is 0 Å². The van der Waals surface area contributed by atoms with E-state index in [1.165, 1.54) is 23.2 Å². The summed E-state index contributed by atoms with van der Waals surface area (Å²) in [4.78, 5) is 2.42. The van der Waals surface area contributed by atoms with Crippen LogP contribution in [-0.2, 0) is 19.1 Å². The monoisotopic (exact) mass is 570 g/mol. The van der Waals surface area contributed by atoms with Crippen LogP contribution >= 0.6 is 20.2 Å². The molecule has 0 saturated carbocycles. The van der Waals surface area contributed by atoms with Crippen molar-refractivity contribution in [3.05, 3.63) is 47.6 Å². The third kappa shape index (κ3) is 6.94. The summed E-state index contributed by atoms with van der Waals surface area (Å²) in [7, 11) is 1.76. The summed E-state index contributed by atoms with van der Waals surface area (Å²) >= 11 is -1.63. The summed E-state index contributed by atoms with van der Waals surface area (Å²) in [6, 6.07) is 6.54. The molecule has 1 N–H and O–H groups in total. The maximum atomic E-state index is 6.66. The van der Waals surface area contributed by atoms with Crippen molar-refractivity contribution in [2.45, 2.75) is 49.2 Å². The van der Waals surface area contributed by atoms with Crippen molar-refractivity contribution < 1.29 is 17.3 Å². The second kappa shape index (κ2) is 13.1. The number of benzene rings is 1. The topological polar surface area (TPSA) is 52.2 Å². The average molecular weight is 571 g/mol. The van der Waals surface area contributed by atoms with Gasteiger partial charge in [-0.25, -0.2) is 0 Å². The predicted octanol–water partition coefficient (Wildman–Crippen LogP) is 4.86. The standard InChI is InChI=1S/C26H39IN2O4/c1-3-15-31-23-8-6-22(7-9-23)24-11-12-28-20-27(24)33-19-21-5-10-26-25(18-21)29(14-17-32-26)13-4-16-30-2/h5-8,10,18,23-24,28H,3-4,9,11-17,19-20H2,1-2H3/t23?,24-/m1/s1. The van der Waals surface area contributed by atoms with Crippen molar-refractivity contribution >= 4 is 25.9 Å². The van der Waals surface area contributed by atoms with Crippen LogP contribution in [0.5, 0.6) is 5.75 Å². The number of ether oxygens (including phenoxy) is 3. The zero-order valence-corrected chi connectivity index (χ0v) is 22.2. The molecule has 7 heteroatoms. The molecule has 3 aliphatic rings. The Labute approximate surface area is 206 Å². The van der Waals surface area contributed by atoms with E-state index in [0.717, 1.165) is 69.0 Å². The second-order valence-corrected chi connectivity index (χ2v) is 13.6. The molecule has 4 rings (SSSR count). The van der Waals surface area contributed by atoms with Crippen LogP contribution < -0.4 is 15.0 Å². The number of nitrogens with one attached hydrogen (secondary N) is 1. The van der Waals surface area contributed by atoms with Crippen LogP contribution in [0.25, 0.3) is 0 Å². The van der Waals surface area contributed by atoms with Crippen molar-refractivity contribution in [1.82, 2.24) is 5.32 Å². The van der Waals surface area contributed by atoms with Crippen molar-refractivity contribution in [3.63, 3.8) is 0 Å². The number of methoxy groups -OCH3 is 1. The van der Waals surface area contributed by atoms with Gasteiger partial charge in [-0.3, -0.25) is 0 Å². The predicted molar refractivity (Wildman–Crippen MR) is 143 cm³/mol. The normalized spacial score (nSPS) is 23.8. The first kappa shape index (κ1) is 25.0. The second-order valence-electron chi connectivity index (χ2n) is 8.69. The molecule has 0 radical (unpaired) electrons. The third-order valence-corrected chi connectivity index (χ3v) is 11.6. The fourth-order valence-corrected chi connectivity index (χ4v) is 9.57. The van der Waals surface area contributed by atoms with Gasteiger partial charge in [0.1, 0.15) is 0 Å². The van der Waals surface area contributed by atoms with Crippen LogP contribution in [0, 0.1) is 0 Å². The fourth-order valence-electron chi connectivity index (χ4n) is 4.44. The van der Waals surface area contributed by atoms with E-state index in [-0.39, 0.29) is 6.10 Å². The molecule has 0 amide bonds. The van der Waals surface area contributed by atoms with Crippen LogP contribution in [0.15, 0.2) is 42.0 Å². The SMILES string of the molecule is CCCOC1C=CC([C@H]2CCNCI2OCc2ccc3c(c2)N(CCCOC)CCO3)=CC1. The molecule has 33 heavy (non-hydrogen) atoms. The number of hydrogen-bond donors (Lipinski definition) is 1. The molecule has 1 saturated heterocycles. The molecule has 6 nitrogen and oxygen atoms in total. The Morgan fingerprint density at radius 3 is 3.03 bits per heavy atom. The number of alkyl halides is 2. The Morgan fingerprint density at radius 1 is 1.27 bits per heavy atom. The van der Waals surface area contributed by atoms with Gasteiger partial charge in [0, 0.05) is 0 Å². The van der Waals surface area contributed by atoms with E-state index >= 15 is 0 Å². The van der Waals surface area contributed by atoms with E-state index in [4.69, 9.17) is 17.3 Å². The van der Waals surface area contributed by atoms with E-state index in [9.17, 15) is 0 Å². The van der Waals surface area contributed by atoms with Gasteiger partial charge in [0.2, 0.25) is 0 Å². The van der Waals surface area contributed by atoms with Crippen LogP contribution in [0.1, 0.15) is 38.2 Å². The van der Waals surface area contributed by atoms with Crippen molar-refractivity contribution in [1.29, 1.82) is 0 Å². The first-order valence-electron chi connectivity index (χ1n) is 12.3. The van der Waals surface area contributed by atoms with E-state index in [1.807, 2.05) is 0 Å². The van der Waals surface area contributed by atoms with Gasteiger partial charge in [-0.05, 0) is 0 Å². The molecule has 1 unspecified atom stereocenters. The zero-order chi connectivity index (χ0) is 22.9. The molecule has 184 valence electrons. The molecule has 1 fully saturated rings. The van der Waals surface area contributed by atoms with Gasteiger partial charge < -0.3 is 0 Å². The number of halogens is 1. The molecule has 1 aromatic carbocycles. The number of nitrogens with zero attached hydrogens (tertiary/aromatic N) is 1. The molecular weight excluding hydrogens is 531 g/mol. The summed E-state index contributed by atoms with van der Waals surface area (Å²) in [5.41, 5.74) is 3.90. The number of hydrogen-bond acceptors (Lipinski definition) is 6. The Hall–Kier alpha value is -1.13. The molecule has 0 aromatic heterocycles. The Kier molecular flexibility index (Phi) is 9.91. The van der Waals surface area contributed by atoms with Crippen LogP contribution in [-0.4, -0.2) is 61.1 Å². The minimum absolute atomic E-state index is 0.239. The minimum atomic E-state index is -1.63. The molecule has 2 atom stereocenters. The molecular formula is C26H39IN2O4. The van der Waals surface area contributed by atoms with Gasteiger partial charge in [-0.1, -0.05) is 0 Å². The van der Waals surface area contributed by atoms with E-state index in [2.05, 4.69) is 53.6 Å². The number of fused-ring (bicyclic) bond motifs is 1. The van der Waals surface area contributed by atoms with E-state index in [1.54, 1.807) is 7.11 Å². The number of rotatable bonds is 11. The summed E-state index contributed by atoms with van der Waals surface area (Å²) in [6.07, 6.45) is 11.5. The first-order chi connectivity index (χ1) is 16.3. The average Bonchev–Trinajstić information content (AvgIpc) is 2.87. The van der Waals surface area contributed by atoms with Gasteiger partial charge in [-0.15, -0.1) is 0 Å². The van der Waals surface area contributed by atoms with Gasteiger partial charge in [0.05, 0.1) is 0 Å². The van der Waals surface area contributed by atoms with Crippen LogP contribution in [0.3, 0.4) is 0 Å².